The largest absolute Gasteiger partial charge is 0.480 e. The Morgan fingerprint density at radius 3 is 2.58 bits per heavy atom. The predicted octanol–water partition coefficient (Wildman–Crippen LogP) is 1.58. The van der Waals surface area contributed by atoms with Crippen LogP contribution in [0.4, 0.5) is 0 Å². The van der Waals surface area contributed by atoms with Gasteiger partial charge in [0, 0.05) is 12.8 Å². The molecule has 0 saturated carbocycles. The first-order valence-electron chi connectivity index (χ1n) is 7.51. The van der Waals surface area contributed by atoms with Crippen LogP contribution in [0.25, 0.3) is 11.0 Å². The molecule has 1 aromatic carbocycles. The minimum absolute atomic E-state index is 0.116. The second kappa shape index (κ2) is 7.03. The zero-order valence-corrected chi connectivity index (χ0v) is 13.4. The number of amides is 1. The van der Waals surface area contributed by atoms with Crippen molar-refractivity contribution in [3.8, 4) is 5.88 Å². The molecule has 8 heteroatoms. The number of benzene rings is 1. The summed E-state index contributed by atoms with van der Waals surface area (Å²) in [5.74, 6) is 0.326. The number of nitrogens with zero attached hydrogens (tertiary/aromatic N) is 4. The molecule has 2 aromatic heterocycles. The van der Waals surface area contributed by atoms with Gasteiger partial charge in [-0.25, -0.2) is 14.6 Å². The summed E-state index contributed by atoms with van der Waals surface area (Å²) in [5.41, 5.74) is 3.48. The van der Waals surface area contributed by atoms with Crippen LogP contribution < -0.4 is 10.1 Å². The Balaban J connectivity index is 1.64. The van der Waals surface area contributed by atoms with E-state index in [9.17, 15) is 4.79 Å². The highest BCUT2D eigenvalue weighted by molar-refractivity contribution is 5.77. The van der Waals surface area contributed by atoms with Gasteiger partial charge in [0.25, 0.3) is 0 Å². The molecule has 0 radical (unpaired) electrons. The lowest BCUT2D eigenvalue weighted by Crippen LogP contribution is -2.23. The van der Waals surface area contributed by atoms with Crippen LogP contribution in [0.3, 0.4) is 0 Å². The molecule has 3 rings (SSSR count). The van der Waals surface area contributed by atoms with Crippen molar-refractivity contribution in [1.29, 1.82) is 0 Å². The number of hydrogen-bond acceptors (Lipinski definition) is 7. The van der Waals surface area contributed by atoms with Gasteiger partial charge in [-0.2, -0.15) is 0 Å². The summed E-state index contributed by atoms with van der Waals surface area (Å²) in [6, 6.07) is 7.54. The summed E-state index contributed by atoms with van der Waals surface area (Å²) in [6.07, 6.45) is 0.705. The van der Waals surface area contributed by atoms with Gasteiger partial charge in [0.2, 0.25) is 11.8 Å². The molecular weight excluding hydrogens is 310 g/mol. The summed E-state index contributed by atoms with van der Waals surface area (Å²) >= 11 is 0. The van der Waals surface area contributed by atoms with Crippen molar-refractivity contribution < 1.29 is 14.2 Å². The van der Waals surface area contributed by atoms with Gasteiger partial charge in [0.15, 0.2) is 0 Å². The molecule has 0 fully saturated rings. The molecule has 1 N–H and O–H groups in total. The van der Waals surface area contributed by atoms with Gasteiger partial charge in [-0.1, -0.05) is 22.4 Å². The molecule has 124 valence electrons. The molecule has 0 bridgehead atoms. The van der Waals surface area contributed by atoms with Gasteiger partial charge >= 0.3 is 0 Å². The van der Waals surface area contributed by atoms with E-state index in [1.54, 1.807) is 14.0 Å². The quantitative estimate of drug-likeness (QED) is 0.733. The van der Waals surface area contributed by atoms with E-state index in [2.05, 4.69) is 30.2 Å². The van der Waals surface area contributed by atoms with Crippen LogP contribution in [0.15, 0.2) is 28.9 Å². The summed E-state index contributed by atoms with van der Waals surface area (Å²) < 4.78 is 9.88. The number of hydrogen-bond donors (Lipinski definition) is 1. The monoisotopic (exact) mass is 327 g/mol. The molecular formula is C16H17N5O3. The van der Waals surface area contributed by atoms with Crippen LogP contribution in [0.2, 0.25) is 0 Å². The van der Waals surface area contributed by atoms with Crippen molar-refractivity contribution in [2.45, 2.75) is 26.3 Å². The maximum atomic E-state index is 12.0. The molecule has 0 unspecified atom stereocenters. The number of para-hydroxylation sites is 2. The second-order valence-corrected chi connectivity index (χ2v) is 5.24. The Morgan fingerprint density at radius 1 is 1.17 bits per heavy atom. The van der Waals surface area contributed by atoms with Crippen molar-refractivity contribution in [2.75, 3.05) is 7.11 Å². The number of aromatic nitrogens is 4. The van der Waals surface area contributed by atoms with E-state index in [1.807, 2.05) is 24.3 Å². The first-order valence-corrected chi connectivity index (χ1v) is 7.51. The number of methoxy groups -OCH3 is 1. The Bertz CT molecular complexity index is 862. The topological polar surface area (TPSA) is 103 Å². The number of carbonyl (C=O) groups excluding carboxylic acids is 1. The molecule has 0 saturated heterocycles. The van der Waals surface area contributed by atoms with Gasteiger partial charge in [-0.15, -0.1) is 0 Å². The van der Waals surface area contributed by atoms with E-state index in [4.69, 9.17) is 4.74 Å². The fraction of sp³-hybridized carbons (Fsp3) is 0.312. The highest BCUT2D eigenvalue weighted by Gasteiger charge is 2.12. The van der Waals surface area contributed by atoms with Crippen LogP contribution in [-0.4, -0.2) is 33.3 Å². The van der Waals surface area contributed by atoms with Gasteiger partial charge in [0.05, 0.1) is 24.7 Å². The molecule has 24 heavy (non-hydrogen) atoms. The van der Waals surface area contributed by atoms with E-state index >= 15 is 0 Å². The molecule has 3 aromatic rings. The molecule has 0 aliphatic rings. The standard InChI is InChI=1S/C16H17N5O3/c1-10-14(21-24-20-10)9-17-15(22)8-7-13-16(23-2)19-12-6-4-3-5-11(12)18-13/h3-6H,7-9H2,1-2H3,(H,17,22). The lowest BCUT2D eigenvalue weighted by atomic mass is 10.2. The third-order valence-corrected chi connectivity index (χ3v) is 3.59. The molecule has 0 spiro atoms. The van der Waals surface area contributed by atoms with E-state index in [1.165, 1.54) is 0 Å². The average Bonchev–Trinajstić information content (AvgIpc) is 3.02. The van der Waals surface area contributed by atoms with E-state index < -0.39 is 0 Å². The number of carbonyl (C=O) groups is 1. The second-order valence-electron chi connectivity index (χ2n) is 5.24. The van der Waals surface area contributed by atoms with Crippen molar-refractivity contribution in [1.82, 2.24) is 25.6 Å². The third kappa shape index (κ3) is 3.48. The predicted molar refractivity (Wildman–Crippen MR) is 85.3 cm³/mol. The van der Waals surface area contributed by atoms with Crippen LogP contribution in [0.1, 0.15) is 23.5 Å². The molecule has 1 amide bonds. The fourth-order valence-corrected chi connectivity index (χ4v) is 2.26. The van der Waals surface area contributed by atoms with Crippen molar-refractivity contribution >= 4 is 16.9 Å². The smallest absolute Gasteiger partial charge is 0.235 e. The SMILES string of the molecule is COc1nc2ccccc2nc1CCC(=O)NCc1nonc1C. The zero-order valence-electron chi connectivity index (χ0n) is 13.4. The van der Waals surface area contributed by atoms with Crippen LogP contribution in [-0.2, 0) is 17.8 Å². The van der Waals surface area contributed by atoms with Gasteiger partial charge in [0.1, 0.15) is 17.1 Å². The minimum Gasteiger partial charge on any atom is -0.480 e. The highest BCUT2D eigenvalue weighted by atomic mass is 16.6. The summed E-state index contributed by atoms with van der Waals surface area (Å²) in [4.78, 5) is 21.0. The van der Waals surface area contributed by atoms with Crippen LogP contribution in [0.5, 0.6) is 5.88 Å². The lowest BCUT2D eigenvalue weighted by Gasteiger charge is -2.08. The third-order valence-electron chi connectivity index (χ3n) is 3.59. The maximum Gasteiger partial charge on any atom is 0.235 e. The Labute approximate surface area is 138 Å². The van der Waals surface area contributed by atoms with Gasteiger partial charge in [-0.05, 0) is 19.1 Å². The molecule has 0 atom stereocenters. The highest BCUT2D eigenvalue weighted by Crippen LogP contribution is 2.19. The van der Waals surface area contributed by atoms with Gasteiger partial charge < -0.3 is 10.1 Å². The first kappa shape index (κ1) is 15.9. The van der Waals surface area contributed by atoms with Crippen LogP contribution >= 0.6 is 0 Å². The number of nitrogens with one attached hydrogen (secondary N) is 1. The first-order chi connectivity index (χ1) is 11.7. The van der Waals surface area contributed by atoms with Crippen molar-refractivity contribution in [3.63, 3.8) is 0 Å². The van der Waals surface area contributed by atoms with E-state index in [0.717, 1.165) is 11.0 Å². The lowest BCUT2D eigenvalue weighted by molar-refractivity contribution is -0.121. The Hall–Kier alpha value is -3.03. The Kier molecular flexibility index (Phi) is 4.64. The fourth-order valence-electron chi connectivity index (χ4n) is 2.26. The normalized spacial score (nSPS) is 10.8. The van der Waals surface area contributed by atoms with Crippen molar-refractivity contribution in [3.05, 3.63) is 41.3 Å². The van der Waals surface area contributed by atoms with Crippen LogP contribution in [0, 0.1) is 6.92 Å². The maximum absolute atomic E-state index is 12.0. The Morgan fingerprint density at radius 2 is 1.92 bits per heavy atom. The molecule has 8 nitrogen and oxygen atoms in total. The molecule has 0 aliphatic heterocycles. The number of rotatable bonds is 6. The van der Waals surface area contributed by atoms with E-state index in [0.29, 0.717) is 29.4 Å². The van der Waals surface area contributed by atoms with Crippen molar-refractivity contribution in [2.24, 2.45) is 0 Å². The number of fused-ring (bicyclic) bond motifs is 1. The number of ether oxygens (including phenoxy) is 1. The zero-order chi connectivity index (χ0) is 16.9. The summed E-state index contributed by atoms with van der Waals surface area (Å²) in [6.45, 7) is 2.06. The van der Waals surface area contributed by atoms with Gasteiger partial charge in [-0.3, -0.25) is 4.79 Å². The van der Waals surface area contributed by atoms with E-state index in [-0.39, 0.29) is 18.9 Å². The molecule has 0 aliphatic carbocycles. The summed E-state index contributed by atoms with van der Waals surface area (Å²) in [7, 11) is 1.54. The summed E-state index contributed by atoms with van der Waals surface area (Å²) in [5, 5.41) is 10.2. The average molecular weight is 327 g/mol. The number of aryl methyl sites for hydroxylation is 2. The minimum atomic E-state index is -0.116. The molecule has 2 heterocycles.